The van der Waals surface area contributed by atoms with Crippen LogP contribution in [0, 0.1) is 11.3 Å². The number of nitrogens with one attached hydrogen (secondary N) is 1. The Bertz CT molecular complexity index is 711. The molecule has 1 atom stereocenters. The van der Waals surface area contributed by atoms with E-state index in [-0.39, 0.29) is 30.6 Å². The molecule has 0 radical (unpaired) electrons. The molecular weight excluding hydrogens is 360 g/mol. The van der Waals surface area contributed by atoms with Crippen LogP contribution in [0.5, 0.6) is 5.75 Å². The molecule has 152 valence electrons. The van der Waals surface area contributed by atoms with Crippen LogP contribution in [0.4, 0.5) is 0 Å². The third-order valence-corrected chi connectivity index (χ3v) is 4.10. The van der Waals surface area contributed by atoms with Crippen molar-refractivity contribution >= 4 is 17.5 Å². The molecule has 0 aliphatic heterocycles. The zero-order valence-electron chi connectivity index (χ0n) is 16.6. The highest BCUT2D eigenvalue weighted by Crippen LogP contribution is 2.11. The number of hydrogen-bond acceptors (Lipinski definition) is 6. The first-order valence-electron chi connectivity index (χ1n) is 9.02. The molecule has 0 aliphatic rings. The molecule has 0 saturated heterocycles. The Balaban J connectivity index is 2.70. The molecule has 0 aliphatic carbocycles. The number of amides is 1. The van der Waals surface area contributed by atoms with E-state index in [1.165, 1.54) is 7.11 Å². The van der Waals surface area contributed by atoms with E-state index in [1.54, 1.807) is 26.0 Å². The fourth-order valence-electron chi connectivity index (χ4n) is 2.17. The van der Waals surface area contributed by atoms with E-state index in [4.69, 9.17) is 20.5 Å². The van der Waals surface area contributed by atoms with Gasteiger partial charge in [0.1, 0.15) is 23.8 Å². The lowest BCUT2D eigenvalue weighted by Crippen LogP contribution is -2.51. The van der Waals surface area contributed by atoms with Crippen LogP contribution in [0.15, 0.2) is 35.3 Å². The number of Topliss-reactive ketones (excluding diaryl/α,β-unsaturated/α-hetero) is 1. The van der Waals surface area contributed by atoms with Gasteiger partial charge in [-0.15, -0.1) is 0 Å². The summed E-state index contributed by atoms with van der Waals surface area (Å²) >= 11 is 0. The summed E-state index contributed by atoms with van der Waals surface area (Å²) in [4.78, 5) is 29.1. The Morgan fingerprint density at radius 2 is 2.00 bits per heavy atom. The molecule has 0 bridgehead atoms. The van der Waals surface area contributed by atoms with E-state index in [9.17, 15) is 9.59 Å². The maximum atomic E-state index is 12.6. The van der Waals surface area contributed by atoms with Crippen LogP contribution in [0.2, 0.25) is 0 Å². The van der Waals surface area contributed by atoms with Crippen LogP contribution in [0.1, 0.15) is 33.1 Å². The molecule has 1 aromatic rings. The zero-order valence-corrected chi connectivity index (χ0v) is 16.6. The van der Waals surface area contributed by atoms with Crippen molar-refractivity contribution in [2.45, 2.75) is 44.8 Å². The molecule has 0 heterocycles. The second-order valence-electron chi connectivity index (χ2n) is 6.66. The number of amidine groups is 1. The van der Waals surface area contributed by atoms with Crippen LogP contribution in [-0.2, 0) is 14.3 Å². The number of ether oxygens (including phenoxy) is 2. The van der Waals surface area contributed by atoms with Gasteiger partial charge in [-0.25, -0.2) is 0 Å². The molecule has 8 nitrogen and oxygen atoms in total. The number of rotatable bonds is 12. The predicted octanol–water partition coefficient (Wildman–Crippen LogP) is 1.60. The molecular formula is C20H28N4O4. The van der Waals surface area contributed by atoms with Crippen LogP contribution >= 0.6 is 0 Å². The van der Waals surface area contributed by atoms with E-state index < -0.39 is 11.6 Å². The van der Waals surface area contributed by atoms with Gasteiger partial charge in [0, 0.05) is 13.7 Å². The highest BCUT2D eigenvalue weighted by atomic mass is 16.5. The molecule has 0 spiro atoms. The molecule has 0 fully saturated rings. The van der Waals surface area contributed by atoms with Crippen LogP contribution in [-0.4, -0.2) is 49.4 Å². The maximum Gasteiger partial charge on any atom is 0.252 e. The van der Waals surface area contributed by atoms with Crippen molar-refractivity contribution in [3.63, 3.8) is 0 Å². The number of aliphatic imine (C=N–C) groups is 1. The first-order valence-corrected chi connectivity index (χ1v) is 9.02. The van der Waals surface area contributed by atoms with E-state index in [0.29, 0.717) is 25.1 Å². The summed E-state index contributed by atoms with van der Waals surface area (Å²) in [6.07, 6.45) is 0.944. The monoisotopic (exact) mass is 388 g/mol. The SMILES string of the molecule is COC(C)(C)C(=O)NC(CCCN=C(N)CC#N)C(=O)COc1ccccc1. The van der Waals surface area contributed by atoms with Crippen LogP contribution in [0.3, 0.4) is 0 Å². The highest BCUT2D eigenvalue weighted by molar-refractivity contribution is 5.92. The lowest BCUT2D eigenvalue weighted by atomic mass is 10.0. The van der Waals surface area contributed by atoms with Gasteiger partial charge in [-0.3, -0.25) is 14.6 Å². The number of hydrogen-bond donors (Lipinski definition) is 2. The Kier molecular flexibility index (Phi) is 9.68. The molecule has 1 unspecified atom stereocenters. The molecule has 1 amide bonds. The Morgan fingerprint density at radius 1 is 1.32 bits per heavy atom. The fraction of sp³-hybridized carbons (Fsp3) is 0.500. The van der Waals surface area contributed by atoms with Crippen molar-refractivity contribution in [2.75, 3.05) is 20.3 Å². The first-order chi connectivity index (χ1) is 13.3. The van der Waals surface area contributed by atoms with Crippen LogP contribution < -0.4 is 15.8 Å². The minimum absolute atomic E-state index is 0.0615. The van der Waals surface area contributed by atoms with Crippen molar-refractivity contribution in [3.05, 3.63) is 30.3 Å². The van der Waals surface area contributed by atoms with Gasteiger partial charge in [0.2, 0.25) is 0 Å². The van der Waals surface area contributed by atoms with E-state index in [2.05, 4.69) is 10.3 Å². The van der Waals surface area contributed by atoms with Gasteiger partial charge < -0.3 is 20.5 Å². The van der Waals surface area contributed by atoms with Gasteiger partial charge >= 0.3 is 0 Å². The number of benzene rings is 1. The van der Waals surface area contributed by atoms with Gasteiger partial charge in [-0.2, -0.15) is 5.26 Å². The Labute approximate surface area is 165 Å². The molecule has 8 heteroatoms. The number of nitrogens with two attached hydrogens (primary N) is 1. The first kappa shape index (κ1) is 23.1. The number of methoxy groups -OCH3 is 1. The average Bonchev–Trinajstić information content (AvgIpc) is 2.69. The quantitative estimate of drug-likeness (QED) is 0.318. The van der Waals surface area contributed by atoms with Gasteiger partial charge in [-0.05, 0) is 38.8 Å². The van der Waals surface area contributed by atoms with Gasteiger partial charge in [-0.1, -0.05) is 18.2 Å². The topological polar surface area (TPSA) is 127 Å². The number of carbonyl (C=O) groups is 2. The number of para-hydroxylation sites is 1. The predicted molar refractivity (Wildman–Crippen MR) is 106 cm³/mol. The van der Waals surface area contributed by atoms with Crippen molar-refractivity contribution in [2.24, 2.45) is 10.7 Å². The minimum atomic E-state index is -1.06. The van der Waals surface area contributed by atoms with Gasteiger partial charge in [0.15, 0.2) is 5.78 Å². The van der Waals surface area contributed by atoms with Crippen LogP contribution in [0.25, 0.3) is 0 Å². The summed E-state index contributed by atoms with van der Waals surface area (Å²) in [6.45, 7) is 3.44. The summed E-state index contributed by atoms with van der Waals surface area (Å²) in [5.74, 6) is 0.188. The number of ketones is 1. The minimum Gasteiger partial charge on any atom is -0.486 e. The Hall–Kier alpha value is -2.92. The third-order valence-electron chi connectivity index (χ3n) is 4.10. The molecule has 1 rings (SSSR count). The second kappa shape index (κ2) is 11.7. The zero-order chi connectivity index (χ0) is 21.0. The summed E-state index contributed by atoms with van der Waals surface area (Å²) in [7, 11) is 1.43. The van der Waals surface area contributed by atoms with E-state index in [1.807, 2.05) is 24.3 Å². The lowest BCUT2D eigenvalue weighted by Gasteiger charge is -2.25. The molecule has 0 aromatic heterocycles. The smallest absolute Gasteiger partial charge is 0.252 e. The Morgan fingerprint density at radius 3 is 2.61 bits per heavy atom. The van der Waals surface area contributed by atoms with Crippen molar-refractivity contribution in [1.29, 1.82) is 5.26 Å². The summed E-state index contributed by atoms with van der Waals surface area (Å²) in [6, 6.07) is 10.2. The van der Waals surface area contributed by atoms with Gasteiger partial charge in [0.25, 0.3) is 5.91 Å². The maximum absolute atomic E-state index is 12.6. The molecule has 0 saturated carbocycles. The second-order valence-corrected chi connectivity index (χ2v) is 6.66. The summed E-state index contributed by atoms with van der Waals surface area (Å²) in [5.41, 5.74) is 4.52. The number of nitrogens with zero attached hydrogens (tertiary/aromatic N) is 2. The molecule has 1 aromatic carbocycles. The standard InChI is InChI=1S/C20H28N4O4/c1-20(2,27-3)19(26)24-16(10-7-13-23-18(22)11-12-21)17(25)14-28-15-8-5-4-6-9-15/h4-6,8-9,16H,7,10-11,13-14H2,1-3H3,(H2,22,23)(H,24,26). The number of carbonyl (C=O) groups excluding carboxylic acids is 2. The number of nitriles is 1. The van der Waals surface area contributed by atoms with E-state index in [0.717, 1.165) is 0 Å². The highest BCUT2D eigenvalue weighted by Gasteiger charge is 2.31. The third kappa shape index (κ3) is 8.18. The largest absolute Gasteiger partial charge is 0.486 e. The van der Waals surface area contributed by atoms with Crippen molar-refractivity contribution < 1.29 is 19.1 Å². The van der Waals surface area contributed by atoms with E-state index >= 15 is 0 Å². The lowest BCUT2D eigenvalue weighted by molar-refractivity contribution is -0.142. The van der Waals surface area contributed by atoms with Crippen molar-refractivity contribution in [3.8, 4) is 11.8 Å². The van der Waals surface area contributed by atoms with Crippen molar-refractivity contribution in [1.82, 2.24) is 5.32 Å². The normalized spacial score (nSPS) is 12.7. The van der Waals surface area contributed by atoms with Gasteiger partial charge in [0.05, 0.1) is 18.5 Å². The molecule has 3 N–H and O–H groups in total. The molecule has 28 heavy (non-hydrogen) atoms. The summed E-state index contributed by atoms with van der Waals surface area (Å²) < 4.78 is 10.7. The fourth-order valence-corrected chi connectivity index (χ4v) is 2.17. The summed E-state index contributed by atoms with van der Waals surface area (Å²) in [5, 5.41) is 11.3. The average molecular weight is 388 g/mol.